The van der Waals surface area contributed by atoms with Crippen LogP contribution in [0.15, 0.2) is 4.99 Å². The molecule has 1 atom stereocenters. The van der Waals surface area contributed by atoms with E-state index in [0.717, 1.165) is 63.9 Å². The van der Waals surface area contributed by atoms with Crippen molar-refractivity contribution in [1.29, 1.82) is 0 Å². The minimum atomic E-state index is 0. The average Bonchev–Trinajstić information content (AvgIpc) is 3.01. The molecular formula is C20H40IN5O. The maximum Gasteiger partial charge on any atom is 0.222 e. The minimum absolute atomic E-state index is 0. The van der Waals surface area contributed by atoms with Gasteiger partial charge in [0, 0.05) is 44.7 Å². The number of aliphatic imine (C=N–C) groups is 1. The summed E-state index contributed by atoms with van der Waals surface area (Å²) in [6.07, 6.45) is 5.34. The molecular weight excluding hydrogens is 453 g/mol. The molecule has 2 rings (SSSR count). The van der Waals surface area contributed by atoms with Crippen LogP contribution in [0.2, 0.25) is 0 Å². The largest absolute Gasteiger partial charge is 0.357 e. The number of likely N-dealkylation sites (tertiary alicyclic amines) is 2. The molecule has 2 N–H and O–H groups in total. The fraction of sp³-hybridized carbons (Fsp3) is 0.900. The molecule has 0 aromatic rings. The van der Waals surface area contributed by atoms with E-state index in [-0.39, 0.29) is 29.5 Å². The smallest absolute Gasteiger partial charge is 0.222 e. The normalized spacial score (nSPS) is 21.9. The highest BCUT2D eigenvalue weighted by Crippen LogP contribution is 2.24. The number of guanidine groups is 1. The van der Waals surface area contributed by atoms with Gasteiger partial charge in [-0.05, 0) is 58.9 Å². The highest BCUT2D eigenvalue weighted by molar-refractivity contribution is 14.0. The van der Waals surface area contributed by atoms with Gasteiger partial charge in [0.05, 0.1) is 6.54 Å². The SMILES string of the molecule is CCNC(=NCC(C)(C)N1CCCC(C)C1)NCCCN1CCCC1=O.I. The predicted octanol–water partition coefficient (Wildman–Crippen LogP) is 2.68. The van der Waals surface area contributed by atoms with Gasteiger partial charge in [0.2, 0.25) is 5.91 Å². The second-order valence-corrected chi connectivity index (χ2v) is 8.47. The molecule has 0 aromatic heterocycles. The zero-order chi connectivity index (χ0) is 19.0. The minimum Gasteiger partial charge on any atom is -0.357 e. The first-order chi connectivity index (χ1) is 12.4. The second kappa shape index (κ2) is 12.1. The molecule has 2 aliphatic rings. The van der Waals surface area contributed by atoms with Crippen molar-refractivity contribution < 1.29 is 4.79 Å². The van der Waals surface area contributed by atoms with Crippen LogP contribution < -0.4 is 10.6 Å². The molecule has 2 saturated heterocycles. The van der Waals surface area contributed by atoms with E-state index in [4.69, 9.17) is 4.99 Å². The van der Waals surface area contributed by atoms with Crippen molar-refractivity contribution in [3.05, 3.63) is 0 Å². The van der Waals surface area contributed by atoms with E-state index in [2.05, 4.69) is 43.2 Å². The van der Waals surface area contributed by atoms with Gasteiger partial charge >= 0.3 is 0 Å². The van der Waals surface area contributed by atoms with Crippen LogP contribution in [-0.2, 0) is 4.79 Å². The molecule has 0 bridgehead atoms. The van der Waals surface area contributed by atoms with Crippen molar-refractivity contribution in [2.24, 2.45) is 10.9 Å². The molecule has 0 radical (unpaired) electrons. The van der Waals surface area contributed by atoms with Crippen LogP contribution in [0.25, 0.3) is 0 Å². The van der Waals surface area contributed by atoms with Crippen molar-refractivity contribution in [3.8, 4) is 0 Å². The Labute approximate surface area is 182 Å². The van der Waals surface area contributed by atoms with Gasteiger partial charge in [-0.15, -0.1) is 24.0 Å². The lowest BCUT2D eigenvalue weighted by Gasteiger charge is -2.42. The number of halogens is 1. The van der Waals surface area contributed by atoms with E-state index < -0.39 is 0 Å². The zero-order valence-corrected chi connectivity index (χ0v) is 20.1. The topological polar surface area (TPSA) is 60.0 Å². The lowest BCUT2D eigenvalue weighted by atomic mass is 9.94. The third-order valence-corrected chi connectivity index (χ3v) is 5.55. The lowest BCUT2D eigenvalue weighted by molar-refractivity contribution is -0.127. The van der Waals surface area contributed by atoms with Crippen molar-refractivity contribution in [1.82, 2.24) is 20.4 Å². The Bertz CT molecular complexity index is 483. The summed E-state index contributed by atoms with van der Waals surface area (Å²) in [5.74, 6) is 1.98. The van der Waals surface area contributed by atoms with E-state index in [1.807, 2.05) is 4.90 Å². The van der Waals surface area contributed by atoms with Gasteiger partial charge in [-0.25, -0.2) is 0 Å². The fourth-order valence-electron chi connectivity index (χ4n) is 3.87. The Morgan fingerprint density at radius 2 is 2.04 bits per heavy atom. The van der Waals surface area contributed by atoms with Crippen molar-refractivity contribution in [2.75, 3.05) is 45.8 Å². The predicted molar refractivity (Wildman–Crippen MR) is 124 cm³/mol. The van der Waals surface area contributed by atoms with E-state index in [9.17, 15) is 4.79 Å². The maximum atomic E-state index is 11.7. The summed E-state index contributed by atoms with van der Waals surface area (Å²) in [5.41, 5.74) is 0.0823. The Balaban J connectivity index is 0.00000364. The first-order valence-electron chi connectivity index (χ1n) is 10.5. The number of carbonyl (C=O) groups excluding carboxylic acids is 1. The van der Waals surface area contributed by atoms with Gasteiger partial charge in [-0.2, -0.15) is 0 Å². The molecule has 0 saturated carbocycles. The second-order valence-electron chi connectivity index (χ2n) is 8.47. The van der Waals surface area contributed by atoms with E-state index >= 15 is 0 Å². The van der Waals surface area contributed by atoms with E-state index in [1.54, 1.807) is 0 Å². The van der Waals surface area contributed by atoms with Gasteiger partial charge in [0.15, 0.2) is 5.96 Å². The Morgan fingerprint density at radius 3 is 2.67 bits per heavy atom. The molecule has 1 unspecified atom stereocenters. The van der Waals surface area contributed by atoms with Crippen molar-refractivity contribution in [2.45, 2.75) is 65.3 Å². The Morgan fingerprint density at radius 1 is 1.26 bits per heavy atom. The molecule has 2 aliphatic heterocycles. The number of rotatable bonds is 8. The number of nitrogens with one attached hydrogen (secondary N) is 2. The van der Waals surface area contributed by atoms with Crippen LogP contribution in [0.3, 0.4) is 0 Å². The van der Waals surface area contributed by atoms with Gasteiger partial charge in [0.1, 0.15) is 0 Å². The highest BCUT2D eigenvalue weighted by Gasteiger charge is 2.30. The zero-order valence-electron chi connectivity index (χ0n) is 17.7. The van der Waals surface area contributed by atoms with Crippen LogP contribution in [0.1, 0.15) is 59.8 Å². The Hall–Kier alpha value is -0.570. The summed E-state index contributed by atoms with van der Waals surface area (Å²) in [7, 11) is 0. The quantitative estimate of drug-likeness (QED) is 0.236. The van der Waals surface area contributed by atoms with Gasteiger partial charge in [-0.1, -0.05) is 6.92 Å². The molecule has 2 heterocycles. The molecule has 0 aromatic carbocycles. The first kappa shape index (κ1) is 24.5. The third-order valence-electron chi connectivity index (χ3n) is 5.55. The Kier molecular flexibility index (Phi) is 11.0. The number of hydrogen-bond donors (Lipinski definition) is 2. The molecule has 6 nitrogen and oxygen atoms in total. The molecule has 2 fully saturated rings. The summed E-state index contributed by atoms with van der Waals surface area (Å²) < 4.78 is 0. The standard InChI is InChI=1S/C20H39N5O.HI/c1-5-21-19(22-11-8-13-24-12-7-10-18(24)26)23-16-20(3,4)25-14-6-9-17(2)15-25;/h17H,5-16H2,1-4H3,(H2,21,22,23);1H. The number of carbonyl (C=O) groups is 1. The number of amides is 1. The molecule has 158 valence electrons. The average molecular weight is 493 g/mol. The van der Waals surface area contributed by atoms with E-state index in [0.29, 0.717) is 5.91 Å². The summed E-state index contributed by atoms with van der Waals surface area (Å²) in [6.45, 7) is 15.7. The number of piperidine rings is 1. The van der Waals surface area contributed by atoms with Crippen LogP contribution in [0.5, 0.6) is 0 Å². The molecule has 27 heavy (non-hydrogen) atoms. The van der Waals surface area contributed by atoms with Crippen molar-refractivity contribution >= 4 is 35.8 Å². The summed E-state index contributed by atoms with van der Waals surface area (Å²) in [6, 6.07) is 0. The summed E-state index contributed by atoms with van der Waals surface area (Å²) in [4.78, 5) is 21.1. The number of hydrogen-bond acceptors (Lipinski definition) is 3. The van der Waals surface area contributed by atoms with Crippen LogP contribution in [0.4, 0.5) is 0 Å². The van der Waals surface area contributed by atoms with Crippen LogP contribution in [0, 0.1) is 5.92 Å². The van der Waals surface area contributed by atoms with E-state index in [1.165, 1.54) is 25.9 Å². The van der Waals surface area contributed by atoms with Gasteiger partial charge < -0.3 is 15.5 Å². The molecule has 1 amide bonds. The fourth-order valence-corrected chi connectivity index (χ4v) is 3.87. The molecule has 0 aliphatic carbocycles. The molecule has 0 spiro atoms. The highest BCUT2D eigenvalue weighted by atomic mass is 127. The van der Waals surface area contributed by atoms with Gasteiger partial charge in [0.25, 0.3) is 0 Å². The summed E-state index contributed by atoms with van der Waals surface area (Å²) >= 11 is 0. The third kappa shape index (κ3) is 8.13. The lowest BCUT2D eigenvalue weighted by Crippen LogP contribution is -2.51. The summed E-state index contributed by atoms with van der Waals surface area (Å²) in [5, 5.41) is 6.77. The number of nitrogens with zero attached hydrogens (tertiary/aromatic N) is 3. The first-order valence-corrected chi connectivity index (χ1v) is 10.5. The maximum absolute atomic E-state index is 11.7. The van der Waals surface area contributed by atoms with Crippen LogP contribution in [-0.4, -0.2) is 73.0 Å². The molecule has 7 heteroatoms. The van der Waals surface area contributed by atoms with Gasteiger partial charge in [-0.3, -0.25) is 14.7 Å². The van der Waals surface area contributed by atoms with Crippen molar-refractivity contribution in [3.63, 3.8) is 0 Å². The monoisotopic (exact) mass is 493 g/mol. The van der Waals surface area contributed by atoms with Crippen LogP contribution >= 0.6 is 24.0 Å².